The van der Waals surface area contributed by atoms with Crippen LogP contribution in [0.15, 0.2) is 17.1 Å². The van der Waals surface area contributed by atoms with Gasteiger partial charge in [-0.1, -0.05) is 18.4 Å². The number of carbonyl (C=O) groups is 2. The van der Waals surface area contributed by atoms with E-state index in [9.17, 15) is 19.5 Å². The zero-order chi connectivity index (χ0) is 24.0. The van der Waals surface area contributed by atoms with E-state index >= 15 is 0 Å². The average molecular weight is 471 g/mol. The molecule has 2 aromatic heterocycles. The first-order valence-corrected chi connectivity index (χ1v) is 12.1. The van der Waals surface area contributed by atoms with Gasteiger partial charge in [0.2, 0.25) is 11.5 Å². The molecule has 2 aromatic rings. The van der Waals surface area contributed by atoms with Gasteiger partial charge < -0.3 is 20.1 Å². The summed E-state index contributed by atoms with van der Waals surface area (Å²) < 4.78 is 8.47. The second-order valence-electron chi connectivity index (χ2n) is 10.00. The van der Waals surface area contributed by atoms with Crippen molar-refractivity contribution >= 4 is 23.5 Å². The number of aromatic hydroxyl groups is 1. The van der Waals surface area contributed by atoms with Gasteiger partial charge in [0, 0.05) is 12.1 Å². The van der Waals surface area contributed by atoms with E-state index in [1.165, 1.54) is 10.6 Å². The van der Waals surface area contributed by atoms with Gasteiger partial charge in [-0.05, 0) is 44.1 Å². The Balaban J connectivity index is 1.52. The summed E-state index contributed by atoms with van der Waals surface area (Å²) in [6, 6.07) is 0.244. The number of rotatable bonds is 6. The molecule has 1 aliphatic carbocycles. The van der Waals surface area contributed by atoms with Crippen molar-refractivity contribution in [3.63, 3.8) is 0 Å². The van der Waals surface area contributed by atoms with E-state index in [2.05, 4.69) is 10.4 Å². The first-order valence-electron chi connectivity index (χ1n) is 12.1. The smallest absolute Gasteiger partial charge is 0.378 e. The molecular formula is C24H32N5O5+. The van der Waals surface area contributed by atoms with Crippen LogP contribution in [0.4, 0.5) is 0 Å². The lowest BCUT2D eigenvalue weighted by Crippen LogP contribution is -2.56. The average Bonchev–Trinajstić information content (AvgIpc) is 3.49. The Morgan fingerprint density at radius 1 is 1.26 bits per heavy atom. The summed E-state index contributed by atoms with van der Waals surface area (Å²) in [4.78, 5) is 40.9. The highest BCUT2D eigenvalue weighted by Gasteiger charge is 2.37. The second kappa shape index (κ2) is 8.90. The van der Waals surface area contributed by atoms with Crippen LogP contribution in [0.1, 0.15) is 61.9 Å². The predicted octanol–water partition coefficient (Wildman–Crippen LogP) is 0.962. The molecule has 2 atom stereocenters. The van der Waals surface area contributed by atoms with Crippen LogP contribution in [0.3, 0.4) is 0 Å². The van der Waals surface area contributed by atoms with Gasteiger partial charge in [0.1, 0.15) is 0 Å². The van der Waals surface area contributed by atoms with Crippen LogP contribution in [0, 0.1) is 5.92 Å². The van der Waals surface area contributed by atoms with E-state index in [4.69, 9.17) is 4.74 Å². The molecule has 3 fully saturated rings. The normalized spacial score (nSPS) is 22.6. The molecule has 10 nitrogen and oxygen atoms in total. The van der Waals surface area contributed by atoms with Gasteiger partial charge in [-0.15, -0.1) is 0 Å². The molecule has 10 heteroatoms. The molecule has 5 rings (SSSR count). The fourth-order valence-electron chi connectivity index (χ4n) is 5.05. The van der Waals surface area contributed by atoms with Crippen LogP contribution in [0.5, 0.6) is 5.88 Å². The van der Waals surface area contributed by atoms with E-state index in [1.807, 2.05) is 18.7 Å². The number of carbonyl (C=O) groups excluding carboxylic acids is 2. The Kier molecular flexibility index (Phi) is 5.93. The first kappa shape index (κ1) is 22.6. The molecule has 2 bridgehead atoms. The topological polar surface area (TPSA) is 120 Å². The van der Waals surface area contributed by atoms with E-state index in [-0.39, 0.29) is 41.4 Å². The van der Waals surface area contributed by atoms with Crippen molar-refractivity contribution in [1.29, 1.82) is 0 Å². The molecule has 34 heavy (non-hydrogen) atoms. The van der Waals surface area contributed by atoms with Gasteiger partial charge >= 0.3 is 17.1 Å². The molecule has 0 radical (unpaired) electrons. The maximum atomic E-state index is 13.1. The summed E-state index contributed by atoms with van der Waals surface area (Å²) in [5.41, 5.74) is 0.0818. The standard InChI is InChI=1S/C24H31N5O5/c1-14(2)11-27-22-15(6-9-19(30)28-17-4-3-5-18(28)13-34-12-17)10-25-29(22)24(33)20(23(27)32)21(31)26-16-7-8-16/h6,9-10,14,16-18H,3-5,7-8,11-13H2,1-2H3,(H2,26,31,32,33)/p+1/b9-6+. The van der Waals surface area contributed by atoms with E-state index in [0.717, 1.165) is 32.1 Å². The molecule has 4 heterocycles. The fraction of sp³-hybridized carbons (Fsp3) is 0.583. The largest absolute Gasteiger partial charge is 0.477 e. The zero-order valence-corrected chi connectivity index (χ0v) is 19.6. The molecule has 0 spiro atoms. The van der Waals surface area contributed by atoms with Gasteiger partial charge in [0.15, 0.2) is 0 Å². The van der Waals surface area contributed by atoms with Gasteiger partial charge in [-0.2, -0.15) is 4.57 Å². The maximum Gasteiger partial charge on any atom is 0.378 e. The van der Waals surface area contributed by atoms with Gasteiger partial charge in [-0.25, -0.2) is 9.89 Å². The lowest BCUT2D eigenvalue weighted by Gasteiger charge is -2.45. The van der Waals surface area contributed by atoms with Crippen molar-refractivity contribution < 1.29 is 24.0 Å². The first-order chi connectivity index (χ1) is 16.3. The van der Waals surface area contributed by atoms with Gasteiger partial charge in [0.25, 0.3) is 5.91 Å². The number of hydrogen-bond acceptors (Lipinski definition) is 5. The Hall–Kier alpha value is -3.14. The maximum absolute atomic E-state index is 13.1. The molecule has 182 valence electrons. The number of fused-ring (bicyclic) bond motifs is 3. The molecule has 3 N–H and O–H groups in total. The summed E-state index contributed by atoms with van der Waals surface area (Å²) in [5, 5.41) is 16.7. The van der Waals surface area contributed by atoms with Crippen LogP contribution < -0.4 is 15.4 Å². The number of hydrogen-bond donors (Lipinski definition) is 3. The molecular weight excluding hydrogens is 438 g/mol. The zero-order valence-electron chi connectivity index (χ0n) is 19.6. The molecule has 3 aliphatic rings. The lowest BCUT2D eigenvalue weighted by molar-refractivity contribution is -0.686. The highest BCUT2D eigenvalue weighted by atomic mass is 16.5. The monoisotopic (exact) mass is 470 g/mol. The van der Waals surface area contributed by atoms with Gasteiger partial charge in [-0.3, -0.25) is 9.59 Å². The number of aromatic amines is 1. The summed E-state index contributed by atoms with van der Waals surface area (Å²) in [7, 11) is 0. The quantitative estimate of drug-likeness (QED) is 0.429. The van der Waals surface area contributed by atoms with Crippen molar-refractivity contribution in [2.24, 2.45) is 5.92 Å². The number of morpholine rings is 1. The molecule has 2 saturated heterocycles. The Morgan fingerprint density at radius 3 is 2.62 bits per heavy atom. The molecule has 2 aliphatic heterocycles. The Morgan fingerprint density at radius 2 is 1.97 bits per heavy atom. The van der Waals surface area contributed by atoms with Crippen LogP contribution in [-0.2, 0) is 16.1 Å². The van der Waals surface area contributed by atoms with Crippen molar-refractivity contribution in [1.82, 2.24) is 19.8 Å². The minimum absolute atomic E-state index is 0.0541. The van der Waals surface area contributed by atoms with Crippen molar-refractivity contribution in [2.45, 2.75) is 70.6 Å². The van der Waals surface area contributed by atoms with Crippen molar-refractivity contribution in [3.05, 3.63) is 33.8 Å². The number of ether oxygens (including phenoxy) is 1. The number of amides is 2. The number of nitrogens with zero attached hydrogens (tertiary/aromatic N) is 3. The number of H-pyrrole nitrogens is 1. The minimum atomic E-state index is -0.626. The van der Waals surface area contributed by atoms with Gasteiger partial charge in [0.05, 0.1) is 43.6 Å². The molecule has 0 aromatic carbocycles. The Labute approximate surface area is 197 Å². The lowest BCUT2D eigenvalue weighted by atomic mass is 9.94. The SMILES string of the molecule is CC(C)C[n+]1c(O)c(C(=O)NC2CC2)c(=O)n2[nH]cc(/C=C/C(=O)N3C4CCCC3COC4)c21. The van der Waals surface area contributed by atoms with E-state index in [1.54, 1.807) is 16.8 Å². The number of piperidine rings is 1. The molecule has 1 saturated carbocycles. The molecule has 2 amide bonds. The third-order valence-electron chi connectivity index (χ3n) is 6.80. The second-order valence-corrected chi connectivity index (χ2v) is 10.00. The van der Waals surface area contributed by atoms with E-state index in [0.29, 0.717) is 31.0 Å². The van der Waals surface area contributed by atoms with E-state index < -0.39 is 11.5 Å². The predicted molar refractivity (Wildman–Crippen MR) is 123 cm³/mol. The van der Waals surface area contributed by atoms with Crippen LogP contribution in [-0.4, -0.2) is 62.8 Å². The van der Waals surface area contributed by atoms with Crippen LogP contribution >= 0.6 is 0 Å². The Bertz CT molecular complexity index is 1190. The third kappa shape index (κ3) is 4.11. The molecule has 2 unspecified atom stereocenters. The number of aromatic nitrogens is 3. The summed E-state index contributed by atoms with van der Waals surface area (Å²) in [6.07, 6.45) is 9.52. The highest BCUT2D eigenvalue weighted by Crippen LogP contribution is 2.28. The highest BCUT2D eigenvalue weighted by molar-refractivity contribution is 5.96. The summed E-state index contributed by atoms with van der Waals surface area (Å²) in [6.45, 7) is 5.49. The number of nitrogens with one attached hydrogen (secondary N) is 2. The summed E-state index contributed by atoms with van der Waals surface area (Å²) in [5.74, 6) is -0.879. The van der Waals surface area contributed by atoms with Crippen LogP contribution in [0.25, 0.3) is 11.7 Å². The fourth-order valence-corrected chi connectivity index (χ4v) is 5.05. The minimum Gasteiger partial charge on any atom is -0.477 e. The van der Waals surface area contributed by atoms with Crippen molar-refractivity contribution in [3.8, 4) is 5.88 Å². The third-order valence-corrected chi connectivity index (χ3v) is 6.80. The summed E-state index contributed by atoms with van der Waals surface area (Å²) >= 11 is 0. The van der Waals surface area contributed by atoms with Crippen molar-refractivity contribution in [2.75, 3.05) is 13.2 Å². The van der Waals surface area contributed by atoms with Crippen LogP contribution in [0.2, 0.25) is 0 Å².